The van der Waals surface area contributed by atoms with Crippen LogP contribution in [-0.2, 0) is 17.6 Å². The fourth-order valence-electron chi connectivity index (χ4n) is 1.31. The van der Waals surface area contributed by atoms with E-state index in [4.69, 9.17) is 0 Å². The summed E-state index contributed by atoms with van der Waals surface area (Å²) >= 11 is 3.14. The maximum absolute atomic E-state index is 13.5. The van der Waals surface area contributed by atoms with Crippen LogP contribution in [0.4, 0.5) is 4.39 Å². The van der Waals surface area contributed by atoms with Gasteiger partial charge in [0.2, 0.25) is 0 Å². The predicted octanol–water partition coefficient (Wildman–Crippen LogP) is 3.28. The van der Waals surface area contributed by atoms with Gasteiger partial charge in [0.1, 0.15) is 11.6 Å². The maximum atomic E-state index is 13.5. The number of benzene rings is 1. The van der Waals surface area contributed by atoms with E-state index >= 15 is 0 Å². The summed E-state index contributed by atoms with van der Waals surface area (Å²) in [6.07, 6.45) is 1.00. The molecule has 3 heteroatoms. The average molecular weight is 259 g/mol. The number of hydrogen-bond donors (Lipinski definition) is 0. The lowest BCUT2D eigenvalue weighted by atomic mass is 10.0. The topological polar surface area (TPSA) is 17.1 Å². The molecule has 0 amide bonds. The number of carbonyl (C=O) groups excluding carboxylic acids is 1. The summed E-state index contributed by atoms with van der Waals surface area (Å²) in [5, 5.41) is 0. The van der Waals surface area contributed by atoms with Crippen molar-refractivity contribution in [3.63, 3.8) is 0 Å². The van der Waals surface area contributed by atoms with Gasteiger partial charge in [0, 0.05) is 6.42 Å². The van der Waals surface area contributed by atoms with Crippen LogP contribution in [0.1, 0.15) is 25.0 Å². The van der Waals surface area contributed by atoms with Gasteiger partial charge in [0.05, 0.1) is 4.47 Å². The highest BCUT2D eigenvalue weighted by atomic mass is 79.9. The van der Waals surface area contributed by atoms with E-state index in [0.29, 0.717) is 10.0 Å². The Hall–Kier alpha value is -0.700. The van der Waals surface area contributed by atoms with Crippen molar-refractivity contribution < 1.29 is 9.18 Å². The fourth-order valence-corrected chi connectivity index (χ4v) is 1.86. The third-order valence-corrected chi connectivity index (χ3v) is 2.59. The van der Waals surface area contributed by atoms with E-state index in [2.05, 4.69) is 15.9 Å². The summed E-state index contributed by atoms with van der Waals surface area (Å²) in [6.45, 7) is 3.46. The molecule has 1 aromatic rings. The molecule has 0 heterocycles. The van der Waals surface area contributed by atoms with Gasteiger partial charge in [-0.25, -0.2) is 4.39 Å². The van der Waals surface area contributed by atoms with E-state index in [1.807, 2.05) is 6.92 Å². The maximum Gasteiger partial charge on any atom is 0.141 e. The van der Waals surface area contributed by atoms with Gasteiger partial charge >= 0.3 is 0 Å². The minimum atomic E-state index is -0.322. The Morgan fingerprint density at radius 3 is 2.64 bits per heavy atom. The monoisotopic (exact) mass is 258 g/mol. The van der Waals surface area contributed by atoms with Crippen LogP contribution in [0.25, 0.3) is 0 Å². The van der Waals surface area contributed by atoms with Crippen LogP contribution in [0.2, 0.25) is 0 Å². The van der Waals surface area contributed by atoms with Crippen molar-refractivity contribution in [3.05, 3.63) is 33.5 Å². The minimum Gasteiger partial charge on any atom is -0.300 e. The molecule has 0 fully saturated rings. The Balaban J connectivity index is 3.13. The molecule has 14 heavy (non-hydrogen) atoms. The number of rotatable bonds is 3. The van der Waals surface area contributed by atoms with Crippen molar-refractivity contribution in [2.75, 3.05) is 0 Å². The second-order valence-corrected chi connectivity index (χ2v) is 4.14. The highest BCUT2D eigenvalue weighted by molar-refractivity contribution is 9.10. The molecular weight excluding hydrogens is 247 g/mol. The number of carbonyl (C=O) groups is 1. The van der Waals surface area contributed by atoms with Crippen LogP contribution in [-0.4, -0.2) is 5.78 Å². The summed E-state index contributed by atoms with van der Waals surface area (Å²) in [4.78, 5) is 10.9. The largest absolute Gasteiger partial charge is 0.300 e. The zero-order chi connectivity index (χ0) is 10.7. The predicted molar refractivity (Wildman–Crippen MR) is 57.9 cm³/mol. The molecule has 0 saturated carbocycles. The molecule has 0 atom stereocenters. The van der Waals surface area contributed by atoms with Gasteiger partial charge in [0.25, 0.3) is 0 Å². The van der Waals surface area contributed by atoms with Crippen LogP contribution in [0.15, 0.2) is 16.6 Å². The summed E-state index contributed by atoms with van der Waals surface area (Å²) < 4.78 is 13.9. The molecule has 0 unspecified atom stereocenters. The Morgan fingerprint density at radius 1 is 1.50 bits per heavy atom. The Bertz CT molecular complexity index is 361. The molecule has 0 bridgehead atoms. The first-order valence-corrected chi connectivity index (χ1v) is 5.30. The standard InChI is InChI=1S/C11H12BrFO/c1-3-8-5-9(4-7(2)14)11(13)10(12)6-8/h5-6H,3-4H2,1-2H3. The Kier molecular flexibility index (Phi) is 3.81. The lowest BCUT2D eigenvalue weighted by Gasteiger charge is -2.06. The third-order valence-electron chi connectivity index (χ3n) is 2.01. The lowest BCUT2D eigenvalue weighted by molar-refractivity contribution is -0.116. The zero-order valence-corrected chi connectivity index (χ0v) is 9.82. The molecule has 0 saturated heterocycles. The molecule has 76 valence electrons. The molecule has 0 N–H and O–H groups in total. The zero-order valence-electron chi connectivity index (χ0n) is 8.23. The van der Waals surface area contributed by atoms with Crippen molar-refractivity contribution in [1.29, 1.82) is 0 Å². The Morgan fingerprint density at radius 2 is 2.14 bits per heavy atom. The highest BCUT2D eigenvalue weighted by Crippen LogP contribution is 2.22. The van der Waals surface area contributed by atoms with Crippen LogP contribution < -0.4 is 0 Å². The molecule has 0 aliphatic rings. The second-order valence-electron chi connectivity index (χ2n) is 3.28. The SMILES string of the molecule is CCc1cc(Br)c(F)c(CC(C)=O)c1. The van der Waals surface area contributed by atoms with E-state index < -0.39 is 0 Å². The molecule has 1 rings (SSSR count). The van der Waals surface area contributed by atoms with Crippen molar-refractivity contribution in [1.82, 2.24) is 0 Å². The number of ketones is 1. The molecule has 0 aliphatic heterocycles. The molecule has 0 radical (unpaired) electrons. The molecule has 1 nitrogen and oxygen atoms in total. The third kappa shape index (κ3) is 2.64. The van der Waals surface area contributed by atoms with Gasteiger partial charge < -0.3 is 0 Å². The van der Waals surface area contributed by atoms with Crippen LogP contribution >= 0.6 is 15.9 Å². The van der Waals surface area contributed by atoms with Gasteiger partial charge in [-0.15, -0.1) is 0 Å². The first-order valence-electron chi connectivity index (χ1n) is 4.50. The van der Waals surface area contributed by atoms with Gasteiger partial charge in [-0.2, -0.15) is 0 Å². The van der Waals surface area contributed by atoms with E-state index in [9.17, 15) is 9.18 Å². The summed E-state index contributed by atoms with van der Waals surface area (Å²) in [5.41, 5.74) is 1.51. The smallest absolute Gasteiger partial charge is 0.141 e. The Labute approximate surface area is 91.5 Å². The minimum absolute atomic E-state index is 0.0240. The lowest BCUT2D eigenvalue weighted by Crippen LogP contribution is -2.01. The number of Topliss-reactive ketones (excluding diaryl/α,β-unsaturated/α-hetero) is 1. The van der Waals surface area contributed by atoms with Crippen molar-refractivity contribution >= 4 is 21.7 Å². The van der Waals surface area contributed by atoms with Crippen LogP contribution in [0, 0.1) is 5.82 Å². The molecule has 0 aromatic heterocycles. The molecule has 0 aliphatic carbocycles. The highest BCUT2D eigenvalue weighted by Gasteiger charge is 2.09. The molecular formula is C11H12BrFO. The van der Waals surface area contributed by atoms with Gasteiger partial charge in [-0.1, -0.05) is 13.0 Å². The summed E-state index contributed by atoms with van der Waals surface area (Å²) in [6, 6.07) is 3.50. The first kappa shape index (κ1) is 11.4. The van der Waals surface area contributed by atoms with Crippen molar-refractivity contribution in [2.45, 2.75) is 26.7 Å². The first-order chi connectivity index (χ1) is 6.54. The quantitative estimate of drug-likeness (QED) is 0.814. The van der Waals surface area contributed by atoms with Crippen molar-refractivity contribution in [3.8, 4) is 0 Å². The molecule has 0 spiro atoms. The van der Waals surface area contributed by atoms with E-state index in [1.54, 1.807) is 12.1 Å². The van der Waals surface area contributed by atoms with E-state index in [-0.39, 0.29) is 18.0 Å². The van der Waals surface area contributed by atoms with Crippen LogP contribution in [0.3, 0.4) is 0 Å². The van der Waals surface area contributed by atoms with Gasteiger partial charge in [0.15, 0.2) is 0 Å². The number of aryl methyl sites for hydroxylation is 1. The van der Waals surface area contributed by atoms with Crippen LogP contribution in [0.5, 0.6) is 0 Å². The normalized spacial score (nSPS) is 10.3. The average Bonchev–Trinajstić information content (AvgIpc) is 2.11. The summed E-state index contributed by atoms with van der Waals surface area (Å²) in [7, 11) is 0. The van der Waals surface area contributed by atoms with Gasteiger partial charge in [-0.05, 0) is 46.5 Å². The summed E-state index contributed by atoms with van der Waals surface area (Å²) in [5.74, 6) is -0.346. The molecule has 1 aromatic carbocycles. The van der Waals surface area contributed by atoms with E-state index in [1.165, 1.54) is 6.92 Å². The van der Waals surface area contributed by atoms with Gasteiger partial charge in [-0.3, -0.25) is 4.79 Å². The van der Waals surface area contributed by atoms with Crippen molar-refractivity contribution in [2.24, 2.45) is 0 Å². The number of halogens is 2. The number of hydrogen-bond acceptors (Lipinski definition) is 1. The second kappa shape index (κ2) is 4.69. The van der Waals surface area contributed by atoms with E-state index in [0.717, 1.165) is 12.0 Å². The fraction of sp³-hybridized carbons (Fsp3) is 0.364.